The summed E-state index contributed by atoms with van der Waals surface area (Å²) in [5.74, 6) is 0. The number of nitrogens with two attached hydrogens (primary N) is 1. The third-order valence-electron chi connectivity index (χ3n) is 2.49. The summed E-state index contributed by atoms with van der Waals surface area (Å²) in [5, 5.41) is 0. The van der Waals surface area contributed by atoms with E-state index in [4.69, 9.17) is 5.73 Å². The zero-order chi connectivity index (χ0) is 11.7. The first-order chi connectivity index (χ1) is 7.63. The van der Waals surface area contributed by atoms with Crippen molar-refractivity contribution < 1.29 is 0 Å². The maximum atomic E-state index is 12.1. The van der Waals surface area contributed by atoms with E-state index in [1.807, 2.05) is 19.1 Å². The number of nitrogens with zero attached hydrogens (tertiary/aromatic N) is 2. The largest absolute Gasteiger partial charge is 0.330 e. The first-order valence-electron chi connectivity index (χ1n) is 5.01. The van der Waals surface area contributed by atoms with E-state index in [0.717, 1.165) is 10.2 Å². The third-order valence-corrected chi connectivity index (χ3v) is 2.98. The molecule has 0 aliphatic carbocycles. The summed E-state index contributed by atoms with van der Waals surface area (Å²) in [4.78, 5) is 16.5. The van der Waals surface area contributed by atoms with Gasteiger partial charge in [0.15, 0.2) is 0 Å². The lowest BCUT2D eigenvalue weighted by Crippen LogP contribution is -2.23. The fraction of sp³-hybridized carbons (Fsp3) is 0.273. The summed E-state index contributed by atoms with van der Waals surface area (Å²) >= 11 is 3.36. The van der Waals surface area contributed by atoms with Gasteiger partial charge in [-0.1, -0.05) is 15.9 Å². The maximum absolute atomic E-state index is 12.1. The lowest BCUT2D eigenvalue weighted by molar-refractivity contribution is 0.885. The fourth-order valence-corrected chi connectivity index (χ4v) is 2.02. The number of rotatable bonds is 2. The summed E-state index contributed by atoms with van der Waals surface area (Å²) in [7, 11) is 0. The number of pyridine rings is 1. The van der Waals surface area contributed by atoms with E-state index in [1.165, 1.54) is 0 Å². The number of fused-ring (bicyclic) bond motifs is 1. The zero-order valence-corrected chi connectivity index (χ0v) is 10.5. The van der Waals surface area contributed by atoms with E-state index in [0.29, 0.717) is 24.2 Å². The molecule has 2 N–H and O–H groups in total. The van der Waals surface area contributed by atoms with Crippen molar-refractivity contribution >= 4 is 21.6 Å². The van der Waals surface area contributed by atoms with Crippen molar-refractivity contribution in [2.24, 2.45) is 5.73 Å². The number of aryl methyl sites for hydroxylation is 1. The van der Waals surface area contributed by atoms with Crippen LogP contribution in [0.4, 0.5) is 0 Å². The van der Waals surface area contributed by atoms with Gasteiger partial charge < -0.3 is 5.73 Å². The summed E-state index contributed by atoms with van der Waals surface area (Å²) in [6, 6.07) is 3.64. The van der Waals surface area contributed by atoms with Crippen molar-refractivity contribution in [3.63, 3.8) is 0 Å². The van der Waals surface area contributed by atoms with Crippen molar-refractivity contribution in [1.29, 1.82) is 0 Å². The summed E-state index contributed by atoms with van der Waals surface area (Å²) in [6.45, 7) is 2.30. The molecule has 2 aromatic heterocycles. The molecule has 84 valence electrons. The Morgan fingerprint density at radius 2 is 2.31 bits per heavy atom. The minimum atomic E-state index is -0.0274. The van der Waals surface area contributed by atoms with E-state index in [9.17, 15) is 4.79 Å². The van der Waals surface area contributed by atoms with Gasteiger partial charge in [0, 0.05) is 21.9 Å². The molecule has 0 aliphatic rings. The van der Waals surface area contributed by atoms with Crippen LogP contribution in [0.1, 0.15) is 11.3 Å². The predicted molar refractivity (Wildman–Crippen MR) is 66.7 cm³/mol. The third kappa shape index (κ3) is 1.88. The van der Waals surface area contributed by atoms with Crippen LogP contribution in [0, 0.1) is 6.92 Å². The van der Waals surface area contributed by atoms with Gasteiger partial charge in [0.05, 0.1) is 0 Å². The van der Waals surface area contributed by atoms with Crippen LogP contribution >= 0.6 is 15.9 Å². The average molecular weight is 282 g/mol. The molecular weight excluding hydrogens is 270 g/mol. The van der Waals surface area contributed by atoms with Gasteiger partial charge in [-0.25, -0.2) is 4.98 Å². The lowest BCUT2D eigenvalue weighted by Gasteiger charge is -2.06. The second kappa shape index (κ2) is 4.35. The van der Waals surface area contributed by atoms with Gasteiger partial charge in [0.25, 0.3) is 5.56 Å². The quantitative estimate of drug-likeness (QED) is 0.902. The molecule has 0 amide bonds. The molecule has 2 rings (SSSR count). The van der Waals surface area contributed by atoms with Crippen LogP contribution in [0.5, 0.6) is 0 Å². The molecule has 4 nitrogen and oxygen atoms in total. The summed E-state index contributed by atoms with van der Waals surface area (Å²) in [5.41, 5.74) is 7.56. The highest BCUT2D eigenvalue weighted by Gasteiger charge is 2.08. The highest BCUT2D eigenvalue weighted by Crippen LogP contribution is 2.11. The Balaban J connectivity index is 2.78. The van der Waals surface area contributed by atoms with Crippen molar-refractivity contribution in [1.82, 2.24) is 9.38 Å². The summed E-state index contributed by atoms with van der Waals surface area (Å²) in [6.07, 6.45) is 2.28. The first kappa shape index (κ1) is 11.3. The topological polar surface area (TPSA) is 60.4 Å². The van der Waals surface area contributed by atoms with Crippen LogP contribution in [-0.4, -0.2) is 15.9 Å². The molecule has 0 aliphatic heterocycles. The number of aromatic nitrogens is 2. The molecule has 5 heteroatoms. The van der Waals surface area contributed by atoms with Crippen LogP contribution in [0.2, 0.25) is 0 Å². The molecule has 0 spiro atoms. The Morgan fingerprint density at radius 1 is 1.56 bits per heavy atom. The van der Waals surface area contributed by atoms with E-state index < -0.39 is 0 Å². The van der Waals surface area contributed by atoms with E-state index in [2.05, 4.69) is 20.9 Å². The van der Waals surface area contributed by atoms with Crippen LogP contribution in [0.15, 0.2) is 27.6 Å². The van der Waals surface area contributed by atoms with Gasteiger partial charge in [-0.2, -0.15) is 0 Å². The van der Waals surface area contributed by atoms with Gasteiger partial charge in [-0.3, -0.25) is 9.20 Å². The number of hydrogen-bond acceptors (Lipinski definition) is 3. The molecular formula is C11H12BrN3O. The lowest BCUT2D eigenvalue weighted by atomic mass is 10.1. The van der Waals surface area contributed by atoms with E-state index in [-0.39, 0.29) is 5.56 Å². The molecule has 0 unspecified atom stereocenters. The highest BCUT2D eigenvalue weighted by atomic mass is 79.9. The SMILES string of the molecule is Cc1nc2cc(Br)ccn2c(=O)c1CCN. The molecule has 2 heterocycles. The number of hydrogen-bond donors (Lipinski definition) is 1. The monoisotopic (exact) mass is 281 g/mol. The van der Waals surface area contributed by atoms with Crippen molar-refractivity contribution in [2.45, 2.75) is 13.3 Å². The van der Waals surface area contributed by atoms with E-state index >= 15 is 0 Å². The number of halogens is 1. The van der Waals surface area contributed by atoms with Crippen molar-refractivity contribution in [2.75, 3.05) is 6.54 Å². The Labute approximate surface area is 101 Å². The Kier molecular flexibility index (Phi) is 3.07. The standard InChI is InChI=1S/C11H12BrN3O/c1-7-9(2-4-13)11(16)15-5-3-8(12)6-10(15)14-7/h3,5-6H,2,4,13H2,1H3. The first-order valence-corrected chi connectivity index (χ1v) is 5.80. The molecule has 0 fully saturated rings. The van der Waals surface area contributed by atoms with Gasteiger partial charge in [-0.05, 0) is 32.0 Å². The second-order valence-electron chi connectivity index (χ2n) is 3.59. The molecule has 0 atom stereocenters. The molecule has 0 radical (unpaired) electrons. The van der Waals surface area contributed by atoms with Gasteiger partial charge in [-0.15, -0.1) is 0 Å². The van der Waals surface area contributed by atoms with Crippen LogP contribution in [-0.2, 0) is 6.42 Å². The Hall–Kier alpha value is -1.20. The highest BCUT2D eigenvalue weighted by molar-refractivity contribution is 9.10. The minimum absolute atomic E-state index is 0.0274. The van der Waals surface area contributed by atoms with Crippen molar-refractivity contribution in [3.05, 3.63) is 44.4 Å². The van der Waals surface area contributed by atoms with Crippen LogP contribution < -0.4 is 11.3 Å². The molecule has 0 bridgehead atoms. The van der Waals surface area contributed by atoms with Gasteiger partial charge in [0.2, 0.25) is 0 Å². The zero-order valence-electron chi connectivity index (χ0n) is 8.90. The molecule has 16 heavy (non-hydrogen) atoms. The van der Waals surface area contributed by atoms with Gasteiger partial charge in [0.1, 0.15) is 5.65 Å². The fourth-order valence-electron chi connectivity index (χ4n) is 1.69. The average Bonchev–Trinajstić information content (AvgIpc) is 2.23. The predicted octanol–water partition coefficient (Wildman–Crippen LogP) is 1.27. The van der Waals surface area contributed by atoms with Crippen LogP contribution in [0.3, 0.4) is 0 Å². The molecule has 0 saturated heterocycles. The smallest absolute Gasteiger partial charge is 0.261 e. The minimum Gasteiger partial charge on any atom is -0.330 e. The van der Waals surface area contributed by atoms with Crippen molar-refractivity contribution in [3.8, 4) is 0 Å². The van der Waals surface area contributed by atoms with Crippen LogP contribution in [0.25, 0.3) is 5.65 Å². The molecule has 2 aromatic rings. The normalized spacial score (nSPS) is 10.9. The Bertz CT molecular complexity index is 592. The summed E-state index contributed by atoms with van der Waals surface area (Å²) < 4.78 is 2.45. The van der Waals surface area contributed by atoms with E-state index in [1.54, 1.807) is 10.6 Å². The Morgan fingerprint density at radius 3 is 3.00 bits per heavy atom. The van der Waals surface area contributed by atoms with Gasteiger partial charge >= 0.3 is 0 Å². The second-order valence-corrected chi connectivity index (χ2v) is 4.51. The molecule has 0 saturated carbocycles. The maximum Gasteiger partial charge on any atom is 0.261 e. The molecule has 0 aromatic carbocycles.